The molecule has 0 aliphatic rings. The highest BCUT2D eigenvalue weighted by Gasteiger charge is 2.22. The summed E-state index contributed by atoms with van der Waals surface area (Å²) in [6.07, 6.45) is 0.986. The molecule has 0 unspecified atom stereocenters. The van der Waals surface area contributed by atoms with Crippen molar-refractivity contribution in [2.24, 2.45) is 0 Å². The van der Waals surface area contributed by atoms with Crippen LogP contribution in [0.25, 0.3) is 0 Å². The predicted molar refractivity (Wildman–Crippen MR) is 59.4 cm³/mol. The van der Waals surface area contributed by atoms with Crippen LogP contribution in [-0.2, 0) is 0 Å². The van der Waals surface area contributed by atoms with Gasteiger partial charge >= 0.3 is 11.9 Å². The fourth-order valence-corrected chi connectivity index (χ4v) is 1.19. The molecule has 0 radical (unpaired) electrons. The van der Waals surface area contributed by atoms with Crippen LogP contribution in [-0.4, -0.2) is 27.1 Å². The van der Waals surface area contributed by atoms with Gasteiger partial charge in [0.05, 0.1) is 10.0 Å². The minimum Gasteiger partial charge on any atom is -0.478 e. The third kappa shape index (κ3) is 3.91. The van der Waals surface area contributed by atoms with Gasteiger partial charge in [0.2, 0.25) is 0 Å². The van der Waals surface area contributed by atoms with Crippen LogP contribution in [0, 0.1) is 22.7 Å². The van der Waals surface area contributed by atoms with E-state index in [-0.39, 0.29) is 10.0 Å². The average molecular weight is 288 g/mol. The van der Waals surface area contributed by atoms with Crippen molar-refractivity contribution in [2.45, 2.75) is 0 Å². The standard InChI is InChI=1S/C7H3Cl2NO4.C2N2/c8-2-1-10-5(7(13)14)3(4(2)9)6(11)12;3-1-2-4/h1H,(H,11,12)(H,13,14);. The molecule has 0 amide bonds. The molecular weight excluding hydrogens is 285 g/mol. The Bertz CT molecular complexity index is 562. The predicted octanol–water partition coefficient (Wildman–Crippen LogP) is 1.82. The molecule has 2 N–H and O–H groups in total. The second kappa shape index (κ2) is 7.07. The van der Waals surface area contributed by atoms with E-state index in [1.807, 2.05) is 0 Å². The molecule has 18 heavy (non-hydrogen) atoms. The van der Waals surface area contributed by atoms with Gasteiger partial charge in [-0.3, -0.25) is 0 Å². The fraction of sp³-hybridized carbons (Fsp3) is 0. The summed E-state index contributed by atoms with van der Waals surface area (Å²) in [6, 6.07) is 2.47. The van der Waals surface area contributed by atoms with Gasteiger partial charge in [0.15, 0.2) is 17.8 Å². The Kier molecular flexibility index (Phi) is 6.15. The third-order valence-electron chi connectivity index (χ3n) is 1.44. The Labute approximate surface area is 110 Å². The van der Waals surface area contributed by atoms with E-state index in [9.17, 15) is 9.59 Å². The zero-order valence-electron chi connectivity index (χ0n) is 8.39. The average Bonchev–Trinajstić information content (AvgIpc) is 2.31. The number of hydrogen-bond acceptors (Lipinski definition) is 5. The van der Waals surface area contributed by atoms with E-state index in [1.165, 1.54) is 12.1 Å². The van der Waals surface area contributed by atoms with E-state index in [4.69, 9.17) is 43.9 Å². The van der Waals surface area contributed by atoms with Gasteiger partial charge in [-0.25, -0.2) is 14.6 Å². The molecule has 0 spiro atoms. The number of aromatic nitrogens is 1. The van der Waals surface area contributed by atoms with Crippen molar-refractivity contribution in [3.63, 3.8) is 0 Å². The molecule has 92 valence electrons. The number of carboxylic acids is 2. The topological polar surface area (TPSA) is 135 Å². The highest BCUT2D eigenvalue weighted by Crippen LogP contribution is 2.26. The molecule has 0 bridgehead atoms. The lowest BCUT2D eigenvalue weighted by atomic mass is 10.2. The van der Waals surface area contributed by atoms with Crippen LogP contribution in [0.4, 0.5) is 0 Å². The van der Waals surface area contributed by atoms with Crippen LogP contribution in [0.3, 0.4) is 0 Å². The second-order valence-corrected chi connectivity index (χ2v) is 3.26. The van der Waals surface area contributed by atoms with Crippen molar-refractivity contribution in [3.05, 3.63) is 27.5 Å². The monoisotopic (exact) mass is 287 g/mol. The Morgan fingerprint density at radius 1 is 1.17 bits per heavy atom. The highest BCUT2D eigenvalue weighted by molar-refractivity contribution is 6.44. The van der Waals surface area contributed by atoms with E-state index in [1.54, 1.807) is 0 Å². The van der Waals surface area contributed by atoms with Gasteiger partial charge in [-0.15, -0.1) is 0 Å². The smallest absolute Gasteiger partial charge is 0.355 e. The number of halogens is 2. The fourth-order valence-electron chi connectivity index (χ4n) is 0.823. The van der Waals surface area contributed by atoms with Crippen LogP contribution < -0.4 is 0 Å². The maximum Gasteiger partial charge on any atom is 0.355 e. The number of rotatable bonds is 2. The molecule has 0 aliphatic heterocycles. The Morgan fingerprint density at radius 2 is 1.67 bits per heavy atom. The molecular formula is C9H3Cl2N3O4. The Morgan fingerprint density at radius 3 is 2.00 bits per heavy atom. The molecule has 0 saturated heterocycles. The van der Waals surface area contributed by atoms with Crippen LogP contribution >= 0.6 is 23.2 Å². The van der Waals surface area contributed by atoms with Crippen molar-refractivity contribution in [3.8, 4) is 12.1 Å². The summed E-state index contributed by atoms with van der Waals surface area (Å²) < 4.78 is 0. The quantitative estimate of drug-likeness (QED) is 0.846. The SMILES string of the molecule is N#CC#N.O=C(O)c1ncc(Cl)c(Cl)c1C(=O)O. The number of nitrogens with zero attached hydrogens (tertiary/aromatic N) is 3. The molecule has 1 heterocycles. The second-order valence-electron chi connectivity index (χ2n) is 2.48. The van der Waals surface area contributed by atoms with Crippen LogP contribution in [0.5, 0.6) is 0 Å². The largest absolute Gasteiger partial charge is 0.478 e. The summed E-state index contributed by atoms with van der Waals surface area (Å²) in [4.78, 5) is 24.6. The van der Waals surface area contributed by atoms with Crippen LogP contribution in [0.2, 0.25) is 10.0 Å². The minimum absolute atomic E-state index is 0.103. The van der Waals surface area contributed by atoms with E-state index in [2.05, 4.69) is 4.98 Å². The van der Waals surface area contributed by atoms with Gasteiger partial charge < -0.3 is 10.2 Å². The summed E-state index contributed by atoms with van der Waals surface area (Å²) in [5, 5.41) is 31.4. The lowest BCUT2D eigenvalue weighted by Crippen LogP contribution is -2.11. The summed E-state index contributed by atoms with van der Waals surface area (Å²) >= 11 is 11.0. The summed E-state index contributed by atoms with van der Waals surface area (Å²) in [5.41, 5.74) is -1.24. The van der Waals surface area contributed by atoms with E-state index in [0.29, 0.717) is 0 Å². The number of carboxylic acid groups (broad SMARTS) is 2. The summed E-state index contributed by atoms with van der Waals surface area (Å²) in [7, 11) is 0. The lowest BCUT2D eigenvalue weighted by Gasteiger charge is -2.03. The summed E-state index contributed by atoms with van der Waals surface area (Å²) in [6.45, 7) is 0. The van der Waals surface area contributed by atoms with Gasteiger partial charge in [-0.05, 0) is 0 Å². The molecule has 0 aromatic carbocycles. The molecule has 1 rings (SSSR count). The number of hydrogen-bond donors (Lipinski definition) is 2. The zero-order valence-corrected chi connectivity index (χ0v) is 9.90. The molecule has 9 heteroatoms. The van der Waals surface area contributed by atoms with Gasteiger partial charge in [0.25, 0.3) is 0 Å². The number of nitriles is 2. The van der Waals surface area contributed by atoms with E-state index in [0.717, 1.165) is 6.20 Å². The summed E-state index contributed by atoms with van der Waals surface area (Å²) in [5.74, 6) is -2.96. The molecule has 0 atom stereocenters. The van der Waals surface area contributed by atoms with Crippen LogP contribution in [0.1, 0.15) is 20.8 Å². The van der Waals surface area contributed by atoms with Gasteiger partial charge in [-0.1, -0.05) is 23.2 Å². The minimum atomic E-state index is -1.48. The van der Waals surface area contributed by atoms with Crippen molar-refractivity contribution >= 4 is 35.1 Å². The molecule has 1 aromatic rings. The zero-order chi connectivity index (χ0) is 14.3. The third-order valence-corrected chi connectivity index (χ3v) is 2.22. The first-order valence-corrected chi connectivity index (χ1v) is 4.71. The van der Waals surface area contributed by atoms with Crippen molar-refractivity contribution in [1.82, 2.24) is 4.98 Å². The number of carbonyl (C=O) groups is 2. The molecule has 0 fully saturated rings. The van der Waals surface area contributed by atoms with Gasteiger partial charge in [0, 0.05) is 6.20 Å². The molecule has 1 aromatic heterocycles. The first-order valence-electron chi connectivity index (χ1n) is 3.95. The van der Waals surface area contributed by atoms with Crippen LogP contribution in [0.15, 0.2) is 6.20 Å². The lowest BCUT2D eigenvalue weighted by molar-refractivity contribution is 0.0646. The Hall–Kier alpha value is -2.35. The van der Waals surface area contributed by atoms with E-state index < -0.39 is 23.2 Å². The first kappa shape index (κ1) is 15.7. The van der Waals surface area contributed by atoms with Gasteiger partial charge in [-0.2, -0.15) is 10.5 Å². The number of aromatic carboxylic acids is 2. The molecule has 7 nitrogen and oxygen atoms in total. The molecule has 0 aliphatic carbocycles. The normalized spacial score (nSPS) is 8.22. The maximum atomic E-state index is 10.7. The first-order chi connectivity index (χ1) is 8.36. The van der Waals surface area contributed by atoms with Crippen molar-refractivity contribution in [1.29, 1.82) is 10.5 Å². The van der Waals surface area contributed by atoms with Gasteiger partial charge in [0.1, 0.15) is 5.56 Å². The number of pyridine rings is 1. The van der Waals surface area contributed by atoms with Crippen molar-refractivity contribution in [2.75, 3.05) is 0 Å². The molecule has 0 saturated carbocycles. The van der Waals surface area contributed by atoms with Crippen molar-refractivity contribution < 1.29 is 19.8 Å². The van der Waals surface area contributed by atoms with E-state index >= 15 is 0 Å². The Balaban J connectivity index is 0.000000631. The highest BCUT2D eigenvalue weighted by atomic mass is 35.5. The maximum absolute atomic E-state index is 10.7.